The molecule has 0 saturated heterocycles. The summed E-state index contributed by atoms with van der Waals surface area (Å²) in [4.78, 5) is 21.5. The number of thioether (sulfide) groups is 1. The minimum atomic E-state index is -1.04. The molecule has 0 fully saturated rings. The third-order valence-corrected chi connectivity index (χ3v) is 2.99. The minimum Gasteiger partial charge on any atom is -0.480 e. The maximum Gasteiger partial charge on any atom is 0.373 e. The van der Waals surface area contributed by atoms with Crippen molar-refractivity contribution in [3.8, 4) is 0 Å². The van der Waals surface area contributed by atoms with Crippen LogP contribution in [-0.2, 0) is 15.3 Å². The van der Waals surface area contributed by atoms with Crippen molar-refractivity contribution in [1.82, 2.24) is 0 Å². The van der Waals surface area contributed by atoms with E-state index < -0.39 is 18.0 Å². The number of ether oxygens (including phenoxy) is 1. The Morgan fingerprint density at radius 1 is 1.59 bits per heavy atom. The predicted octanol–water partition coefficient (Wildman–Crippen LogP) is 0.711. The number of carboxylic acid groups (broad SMARTS) is 1. The fraction of sp³-hybridized carbons (Fsp3) is 0.400. The highest BCUT2D eigenvalue weighted by molar-refractivity contribution is 7.98. The number of hydrogen-bond acceptors (Lipinski definition) is 6. The Labute approximate surface area is 102 Å². The number of hydrogen-bond donors (Lipinski definition) is 2. The first-order chi connectivity index (χ1) is 8.04. The molecule has 0 bridgehead atoms. The lowest BCUT2D eigenvalue weighted by atomic mass is 10.4. The van der Waals surface area contributed by atoms with Gasteiger partial charge in [-0.05, 0) is 12.1 Å². The zero-order valence-corrected chi connectivity index (χ0v) is 10.0. The summed E-state index contributed by atoms with van der Waals surface area (Å²) in [7, 11) is 1.27. The molecule has 1 aromatic heterocycles. The predicted molar refractivity (Wildman–Crippen MR) is 61.8 cm³/mol. The molecule has 1 atom stereocenters. The quantitative estimate of drug-likeness (QED) is 0.725. The summed E-state index contributed by atoms with van der Waals surface area (Å²) in [6, 6.07) is 2.26. The number of carboxylic acids is 1. The summed E-state index contributed by atoms with van der Waals surface area (Å²) in [5, 5.41) is 8.57. The molecule has 0 aliphatic rings. The van der Waals surface area contributed by atoms with Gasteiger partial charge in [0.25, 0.3) is 0 Å². The molecule has 17 heavy (non-hydrogen) atoms. The number of carbonyl (C=O) groups is 2. The number of methoxy groups -OCH3 is 1. The lowest BCUT2D eigenvalue weighted by Gasteiger charge is -2.04. The van der Waals surface area contributed by atoms with Crippen molar-refractivity contribution in [2.24, 2.45) is 5.73 Å². The van der Waals surface area contributed by atoms with Gasteiger partial charge in [-0.15, -0.1) is 0 Å². The Hall–Kier alpha value is -1.47. The van der Waals surface area contributed by atoms with E-state index in [0.29, 0.717) is 11.5 Å². The van der Waals surface area contributed by atoms with Gasteiger partial charge in [-0.1, -0.05) is 0 Å². The van der Waals surface area contributed by atoms with Crippen LogP contribution in [0.4, 0.5) is 0 Å². The average Bonchev–Trinajstić information content (AvgIpc) is 2.76. The van der Waals surface area contributed by atoms with E-state index in [1.165, 1.54) is 24.9 Å². The highest BCUT2D eigenvalue weighted by Crippen LogP contribution is 2.16. The Morgan fingerprint density at radius 2 is 2.29 bits per heavy atom. The molecule has 1 aromatic rings. The van der Waals surface area contributed by atoms with Crippen LogP contribution in [0.25, 0.3) is 0 Å². The molecule has 0 aliphatic carbocycles. The zero-order valence-electron chi connectivity index (χ0n) is 9.21. The van der Waals surface area contributed by atoms with Crippen LogP contribution in [0.1, 0.15) is 16.3 Å². The molecule has 0 spiro atoms. The van der Waals surface area contributed by atoms with Crippen LogP contribution in [0, 0.1) is 0 Å². The Morgan fingerprint density at radius 3 is 2.88 bits per heavy atom. The Balaban J connectivity index is 2.40. The van der Waals surface area contributed by atoms with Crippen LogP contribution in [0.15, 0.2) is 16.5 Å². The molecule has 0 radical (unpaired) electrons. The molecule has 0 aliphatic heterocycles. The van der Waals surface area contributed by atoms with E-state index in [4.69, 9.17) is 15.3 Å². The fourth-order valence-electron chi connectivity index (χ4n) is 1.02. The second kappa shape index (κ2) is 6.31. The normalized spacial score (nSPS) is 12.1. The van der Waals surface area contributed by atoms with E-state index in [2.05, 4.69) is 4.74 Å². The zero-order chi connectivity index (χ0) is 12.8. The first-order valence-corrected chi connectivity index (χ1v) is 5.93. The molecular formula is C10H13NO5S. The fourth-order valence-corrected chi connectivity index (χ4v) is 1.89. The van der Waals surface area contributed by atoms with E-state index in [0.717, 1.165) is 0 Å². The van der Waals surface area contributed by atoms with Gasteiger partial charge in [-0.2, -0.15) is 11.8 Å². The first-order valence-electron chi connectivity index (χ1n) is 4.77. The molecule has 1 heterocycles. The van der Waals surface area contributed by atoms with Crippen LogP contribution in [0.2, 0.25) is 0 Å². The van der Waals surface area contributed by atoms with Gasteiger partial charge < -0.3 is 20.0 Å². The first kappa shape index (κ1) is 13.6. The summed E-state index contributed by atoms with van der Waals surface area (Å²) >= 11 is 1.32. The van der Waals surface area contributed by atoms with Gasteiger partial charge in [-0.25, -0.2) is 4.79 Å². The largest absolute Gasteiger partial charge is 0.480 e. The Kier molecular flexibility index (Phi) is 5.05. The molecule has 6 nitrogen and oxygen atoms in total. The molecule has 3 N–H and O–H groups in total. The molecular weight excluding hydrogens is 246 g/mol. The second-order valence-corrected chi connectivity index (χ2v) is 4.25. The van der Waals surface area contributed by atoms with Crippen molar-refractivity contribution < 1.29 is 23.8 Å². The molecule has 0 unspecified atom stereocenters. The van der Waals surface area contributed by atoms with E-state index >= 15 is 0 Å². The van der Waals surface area contributed by atoms with Gasteiger partial charge in [0.05, 0.1) is 12.9 Å². The second-order valence-electron chi connectivity index (χ2n) is 3.22. The van der Waals surface area contributed by atoms with Gasteiger partial charge in [0.15, 0.2) is 0 Å². The lowest BCUT2D eigenvalue weighted by Crippen LogP contribution is -2.32. The van der Waals surface area contributed by atoms with Gasteiger partial charge in [0.1, 0.15) is 11.8 Å². The van der Waals surface area contributed by atoms with Crippen molar-refractivity contribution in [2.75, 3.05) is 12.9 Å². The van der Waals surface area contributed by atoms with Gasteiger partial charge in [-0.3, -0.25) is 4.79 Å². The standard InChI is InChI=1S/C10H13NO5S/c1-15-10(14)8-3-2-6(16-8)4-17-5-7(11)9(12)13/h2-3,7H,4-5,11H2,1H3,(H,12,13)/t7-/m0/s1. The van der Waals surface area contributed by atoms with Crippen LogP contribution >= 0.6 is 11.8 Å². The third-order valence-electron chi connectivity index (χ3n) is 1.91. The van der Waals surface area contributed by atoms with Crippen LogP contribution in [0.3, 0.4) is 0 Å². The number of aliphatic carboxylic acids is 1. The van der Waals surface area contributed by atoms with E-state index in [1.54, 1.807) is 6.07 Å². The SMILES string of the molecule is COC(=O)c1ccc(CSC[C@H](N)C(=O)O)o1. The highest BCUT2D eigenvalue weighted by atomic mass is 32.2. The summed E-state index contributed by atoms with van der Waals surface area (Å²) in [5.41, 5.74) is 5.33. The maximum atomic E-state index is 11.1. The van der Waals surface area contributed by atoms with E-state index in [1.807, 2.05) is 0 Å². The molecule has 0 aromatic carbocycles. The number of carbonyl (C=O) groups excluding carboxylic acids is 1. The van der Waals surface area contributed by atoms with Crippen molar-refractivity contribution in [1.29, 1.82) is 0 Å². The molecule has 94 valence electrons. The van der Waals surface area contributed by atoms with Crippen molar-refractivity contribution >= 4 is 23.7 Å². The summed E-state index contributed by atoms with van der Waals surface area (Å²) in [6.07, 6.45) is 0. The van der Waals surface area contributed by atoms with E-state index in [9.17, 15) is 9.59 Å². The lowest BCUT2D eigenvalue weighted by molar-refractivity contribution is -0.137. The van der Waals surface area contributed by atoms with E-state index in [-0.39, 0.29) is 11.5 Å². The molecule has 7 heteroatoms. The average molecular weight is 259 g/mol. The molecule has 0 saturated carbocycles. The summed E-state index contributed by atoms with van der Waals surface area (Å²) in [5.74, 6) is -0.129. The highest BCUT2D eigenvalue weighted by Gasteiger charge is 2.13. The van der Waals surface area contributed by atoms with Crippen LogP contribution < -0.4 is 5.73 Å². The Bertz CT molecular complexity index is 403. The summed E-state index contributed by atoms with van der Waals surface area (Å²) in [6.45, 7) is 0. The van der Waals surface area contributed by atoms with Gasteiger partial charge in [0.2, 0.25) is 5.76 Å². The minimum absolute atomic E-state index is 0.130. The number of rotatable bonds is 6. The monoisotopic (exact) mass is 259 g/mol. The van der Waals surface area contributed by atoms with Crippen LogP contribution in [-0.4, -0.2) is 35.9 Å². The van der Waals surface area contributed by atoms with Gasteiger partial charge in [0, 0.05) is 5.75 Å². The van der Waals surface area contributed by atoms with Gasteiger partial charge >= 0.3 is 11.9 Å². The topological polar surface area (TPSA) is 103 Å². The number of nitrogens with two attached hydrogens (primary N) is 1. The van der Waals surface area contributed by atoms with Crippen LogP contribution in [0.5, 0.6) is 0 Å². The number of furan rings is 1. The van der Waals surface area contributed by atoms with Crippen molar-refractivity contribution in [2.45, 2.75) is 11.8 Å². The maximum absolute atomic E-state index is 11.1. The third kappa shape index (κ3) is 4.12. The molecule has 0 amide bonds. The smallest absolute Gasteiger partial charge is 0.373 e. The number of esters is 1. The molecule has 1 rings (SSSR count). The van der Waals surface area contributed by atoms with Crippen molar-refractivity contribution in [3.63, 3.8) is 0 Å². The van der Waals surface area contributed by atoms with Crippen molar-refractivity contribution in [3.05, 3.63) is 23.7 Å². The summed E-state index contributed by atoms with van der Waals surface area (Å²) < 4.78 is 9.68.